The van der Waals surface area contributed by atoms with Crippen LogP contribution >= 0.6 is 11.6 Å². The maximum absolute atomic E-state index is 12.6. The minimum absolute atomic E-state index is 0.121. The molecule has 5 nitrogen and oxygen atoms in total. The summed E-state index contributed by atoms with van der Waals surface area (Å²) in [5, 5.41) is 9.53. The SMILES string of the molecule is COCCN(C(C)C)S(=O)(=O)c1ccc(Cl)c(CO)c1. The topological polar surface area (TPSA) is 66.8 Å². The van der Waals surface area contributed by atoms with Crippen molar-refractivity contribution in [3.63, 3.8) is 0 Å². The maximum atomic E-state index is 12.6. The van der Waals surface area contributed by atoms with Crippen LogP contribution in [0.5, 0.6) is 0 Å². The van der Waals surface area contributed by atoms with Gasteiger partial charge >= 0.3 is 0 Å². The number of nitrogens with zero attached hydrogens (tertiary/aromatic N) is 1. The van der Waals surface area contributed by atoms with Crippen LogP contribution in [-0.4, -0.2) is 44.1 Å². The first-order chi connectivity index (χ1) is 9.34. The summed E-state index contributed by atoms with van der Waals surface area (Å²) in [6.45, 7) is 3.89. The van der Waals surface area contributed by atoms with Gasteiger partial charge in [-0.2, -0.15) is 4.31 Å². The van der Waals surface area contributed by atoms with E-state index >= 15 is 0 Å². The normalized spacial score (nSPS) is 12.3. The average molecular weight is 322 g/mol. The highest BCUT2D eigenvalue weighted by molar-refractivity contribution is 7.89. The summed E-state index contributed by atoms with van der Waals surface area (Å²) in [7, 11) is -2.11. The number of sulfonamides is 1. The van der Waals surface area contributed by atoms with Gasteiger partial charge in [0.1, 0.15) is 0 Å². The van der Waals surface area contributed by atoms with Crippen LogP contribution in [0, 0.1) is 0 Å². The lowest BCUT2D eigenvalue weighted by atomic mass is 10.2. The third kappa shape index (κ3) is 3.93. The van der Waals surface area contributed by atoms with Gasteiger partial charge in [-0.25, -0.2) is 8.42 Å². The number of rotatable bonds is 7. The van der Waals surface area contributed by atoms with Gasteiger partial charge < -0.3 is 9.84 Å². The molecule has 0 fully saturated rings. The molecule has 0 radical (unpaired) electrons. The van der Waals surface area contributed by atoms with E-state index in [-0.39, 0.29) is 24.1 Å². The molecule has 0 aliphatic heterocycles. The molecule has 0 saturated heterocycles. The molecule has 0 aliphatic carbocycles. The molecule has 7 heteroatoms. The zero-order valence-electron chi connectivity index (χ0n) is 11.8. The minimum Gasteiger partial charge on any atom is -0.392 e. The summed E-state index contributed by atoms with van der Waals surface area (Å²) >= 11 is 5.88. The summed E-state index contributed by atoms with van der Waals surface area (Å²) in [5.41, 5.74) is 0.392. The Morgan fingerprint density at radius 3 is 2.55 bits per heavy atom. The molecule has 0 atom stereocenters. The van der Waals surface area contributed by atoms with Crippen molar-refractivity contribution >= 4 is 21.6 Å². The first-order valence-electron chi connectivity index (χ1n) is 6.24. The number of hydrogen-bond acceptors (Lipinski definition) is 4. The van der Waals surface area contributed by atoms with Crippen LogP contribution in [-0.2, 0) is 21.4 Å². The molecule has 0 aromatic heterocycles. The molecular weight excluding hydrogens is 302 g/mol. The fraction of sp³-hybridized carbons (Fsp3) is 0.538. The first kappa shape index (κ1) is 17.4. The third-order valence-electron chi connectivity index (χ3n) is 2.89. The van der Waals surface area contributed by atoms with Crippen molar-refractivity contribution in [2.45, 2.75) is 31.4 Å². The van der Waals surface area contributed by atoms with Gasteiger partial charge in [-0.15, -0.1) is 0 Å². The second kappa shape index (κ2) is 7.38. The number of halogens is 1. The quantitative estimate of drug-likeness (QED) is 0.832. The summed E-state index contributed by atoms with van der Waals surface area (Å²) < 4.78 is 31.5. The zero-order valence-corrected chi connectivity index (χ0v) is 13.4. The van der Waals surface area contributed by atoms with Crippen LogP contribution in [0.1, 0.15) is 19.4 Å². The van der Waals surface area contributed by atoms with Crippen molar-refractivity contribution in [3.8, 4) is 0 Å². The van der Waals surface area contributed by atoms with Gasteiger partial charge in [-0.1, -0.05) is 11.6 Å². The molecule has 1 aromatic rings. The lowest BCUT2D eigenvalue weighted by Gasteiger charge is -2.25. The monoisotopic (exact) mass is 321 g/mol. The average Bonchev–Trinajstić information content (AvgIpc) is 2.38. The van der Waals surface area contributed by atoms with E-state index in [0.29, 0.717) is 17.2 Å². The van der Waals surface area contributed by atoms with Crippen molar-refractivity contribution in [2.24, 2.45) is 0 Å². The van der Waals surface area contributed by atoms with Gasteiger partial charge in [0.05, 0.1) is 18.1 Å². The van der Waals surface area contributed by atoms with Crippen molar-refractivity contribution in [1.29, 1.82) is 0 Å². The van der Waals surface area contributed by atoms with E-state index < -0.39 is 10.0 Å². The van der Waals surface area contributed by atoms with Crippen LogP contribution in [0.25, 0.3) is 0 Å². The predicted molar refractivity (Wildman–Crippen MR) is 78.3 cm³/mol. The summed E-state index contributed by atoms with van der Waals surface area (Å²) in [6.07, 6.45) is 0. The third-order valence-corrected chi connectivity index (χ3v) is 5.33. The van der Waals surface area contributed by atoms with E-state index in [4.69, 9.17) is 16.3 Å². The Hall–Kier alpha value is -0.660. The molecule has 0 bridgehead atoms. The second-order valence-electron chi connectivity index (χ2n) is 4.61. The van der Waals surface area contributed by atoms with Gasteiger partial charge in [0, 0.05) is 24.7 Å². The predicted octanol–water partition coefficient (Wildman–Crippen LogP) is 1.88. The van der Waals surface area contributed by atoms with E-state index in [2.05, 4.69) is 0 Å². The minimum atomic E-state index is -3.64. The Kier molecular flexibility index (Phi) is 6.42. The lowest BCUT2D eigenvalue weighted by Crippen LogP contribution is -2.39. The first-order valence-corrected chi connectivity index (χ1v) is 8.06. The van der Waals surface area contributed by atoms with E-state index in [0.717, 1.165) is 0 Å². The number of hydrogen-bond donors (Lipinski definition) is 1. The van der Waals surface area contributed by atoms with E-state index in [1.807, 2.05) is 0 Å². The Morgan fingerprint density at radius 2 is 2.05 bits per heavy atom. The number of methoxy groups -OCH3 is 1. The number of benzene rings is 1. The Labute approximate surface area is 125 Å². The van der Waals surface area contributed by atoms with Crippen LogP contribution in [0.2, 0.25) is 5.02 Å². The van der Waals surface area contributed by atoms with E-state index in [1.165, 1.54) is 29.6 Å². The molecule has 0 spiro atoms. The summed E-state index contributed by atoms with van der Waals surface area (Å²) in [4.78, 5) is 0.121. The fourth-order valence-corrected chi connectivity index (χ4v) is 3.65. The number of ether oxygens (including phenoxy) is 1. The molecule has 0 amide bonds. The van der Waals surface area contributed by atoms with Crippen LogP contribution in [0.3, 0.4) is 0 Å². The fourth-order valence-electron chi connectivity index (χ4n) is 1.81. The smallest absolute Gasteiger partial charge is 0.243 e. The molecule has 20 heavy (non-hydrogen) atoms. The molecule has 0 unspecified atom stereocenters. The lowest BCUT2D eigenvalue weighted by molar-refractivity contribution is 0.171. The van der Waals surface area contributed by atoms with E-state index in [9.17, 15) is 13.5 Å². The van der Waals surface area contributed by atoms with Gasteiger partial charge in [0.15, 0.2) is 0 Å². The van der Waals surface area contributed by atoms with Gasteiger partial charge in [0.25, 0.3) is 0 Å². The van der Waals surface area contributed by atoms with Crippen LogP contribution < -0.4 is 0 Å². The van der Waals surface area contributed by atoms with Gasteiger partial charge in [-0.3, -0.25) is 0 Å². The van der Waals surface area contributed by atoms with E-state index in [1.54, 1.807) is 13.8 Å². The van der Waals surface area contributed by atoms with Crippen molar-refractivity contribution in [3.05, 3.63) is 28.8 Å². The standard InChI is InChI=1S/C13H20ClNO4S/c1-10(2)15(6-7-19-3)20(17,18)12-4-5-13(14)11(8-12)9-16/h4-5,8,10,16H,6-7,9H2,1-3H3. The van der Waals surface area contributed by atoms with Crippen molar-refractivity contribution < 1.29 is 18.3 Å². The molecule has 0 saturated carbocycles. The highest BCUT2D eigenvalue weighted by Gasteiger charge is 2.27. The molecule has 1 N–H and O–H groups in total. The van der Waals surface area contributed by atoms with Gasteiger partial charge in [0.2, 0.25) is 10.0 Å². The molecule has 114 valence electrons. The molecule has 0 aliphatic rings. The summed E-state index contributed by atoms with van der Waals surface area (Å²) in [6, 6.07) is 4.14. The second-order valence-corrected chi connectivity index (χ2v) is 6.91. The highest BCUT2D eigenvalue weighted by Crippen LogP contribution is 2.24. The van der Waals surface area contributed by atoms with Crippen LogP contribution in [0.4, 0.5) is 0 Å². The largest absolute Gasteiger partial charge is 0.392 e. The Morgan fingerprint density at radius 1 is 1.40 bits per heavy atom. The molecular formula is C13H20ClNO4S. The number of aliphatic hydroxyl groups is 1. The molecule has 0 heterocycles. The molecule has 1 aromatic carbocycles. The maximum Gasteiger partial charge on any atom is 0.243 e. The Bertz CT molecular complexity index is 545. The molecule has 1 rings (SSSR count). The Balaban J connectivity index is 3.19. The van der Waals surface area contributed by atoms with Crippen molar-refractivity contribution in [1.82, 2.24) is 4.31 Å². The highest BCUT2D eigenvalue weighted by atomic mass is 35.5. The summed E-state index contributed by atoms with van der Waals surface area (Å²) in [5.74, 6) is 0. The van der Waals surface area contributed by atoms with Crippen LogP contribution in [0.15, 0.2) is 23.1 Å². The number of aliphatic hydroxyl groups excluding tert-OH is 1. The van der Waals surface area contributed by atoms with Gasteiger partial charge in [-0.05, 0) is 37.6 Å². The van der Waals surface area contributed by atoms with Crippen molar-refractivity contribution in [2.75, 3.05) is 20.3 Å². The zero-order chi connectivity index (χ0) is 15.3.